The Bertz CT molecular complexity index is 237. The first-order valence-corrected chi connectivity index (χ1v) is 6.73. The molecule has 19 heavy (non-hydrogen) atoms. The predicted molar refractivity (Wildman–Crippen MR) is 74.0 cm³/mol. The van der Waals surface area contributed by atoms with Crippen molar-refractivity contribution in [3.63, 3.8) is 0 Å². The lowest BCUT2D eigenvalue weighted by atomic mass is 10.0. The van der Waals surface area contributed by atoms with E-state index in [0.717, 1.165) is 0 Å². The highest BCUT2D eigenvalue weighted by Gasteiger charge is 2.31. The van der Waals surface area contributed by atoms with Crippen molar-refractivity contribution in [1.29, 1.82) is 0 Å². The SMILES string of the molecule is CCOCCN(CCOCC)CC(C)(N)C(=O)OC. The fourth-order valence-electron chi connectivity index (χ4n) is 1.71. The first kappa shape index (κ1) is 18.3. The van der Waals surface area contributed by atoms with Crippen LogP contribution < -0.4 is 5.73 Å². The Balaban J connectivity index is 4.33. The van der Waals surface area contributed by atoms with Crippen LogP contribution in [0, 0.1) is 0 Å². The molecule has 114 valence electrons. The highest BCUT2D eigenvalue weighted by atomic mass is 16.5. The minimum Gasteiger partial charge on any atom is -0.468 e. The van der Waals surface area contributed by atoms with Crippen LogP contribution in [-0.4, -0.2) is 69.6 Å². The van der Waals surface area contributed by atoms with Crippen molar-refractivity contribution in [1.82, 2.24) is 4.90 Å². The van der Waals surface area contributed by atoms with Gasteiger partial charge in [0.15, 0.2) is 0 Å². The normalized spacial score (nSPS) is 14.4. The second kappa shape index (κ2) is 10.1. The second-order valence-corrected chi connectivity index (χ2v) is 4.58. The highest BCUT2D eigenvalue weighted by molar-refractivity contribution is 5.80. The van der Waals surface area contributed by atoms with Gasteiger partial charge in [0.25, 0.3) is 0 Å². The van der Waals surface area contributed by atoms with Gasteiger partial charge in [0, 0.05) is 32.8 Å². The average molecular weight is 276 g/mol. The molecule has 6 heteroatoms. The van der Waals surface area contributed by atoms with E-state index in [4.69, 9.17) is 19.9 Å². The van der Waals surface area contributed by atoms with E-state index in [1.807, 2.05) is 13.8 Å². The Morgan fingerprint density at radius 1 is 1.16 bits per heavy atom. The third kappa shape index (κ3) is 8.15. The molecule has 0 aromatic rings. The fraction of sp³-hybridized carbons (Fsp3) is 0.923. The van der Waals surface area contributed by atoms with E-state index in [1.54, 1.807) is 6.92 Å². The number of carbonyl (C=O) groups is 1. The maximum absolute atomic E-state index is 11.6. The minimum atomic E-state index is -1.02. The van der Waals surface area contributed by atoms with Crippen LogP contribution in [0.4, 0.5) is 0 Å². The number of methoxy groups -OCH3 is 1. The third-order valence-corrected chi connectivity index (χ3v) is 2.72. The first-order chi connectivity index (χ1) is 8.97. The Hall–Kier alpha value is -0.690. The molecule has 0 saturated heterocycles. The summed E-state index contributed by atoms with van der Waals surface area (Å²) < 4.78 is 15.4. The molecule has 1 unspecified atom stereocenters. The Morgan fingerprint density at radius 2 is 1.63 bits per heavy atom. The van der Waals surface area contributed by atoms with Gasteiger partial charge in [-0.1, -0.05) is 0 Å². The smallest absolute Gasteiger partial charge is 0.326 e. The molecule has 0 aromatic heterocycles. The van der Waals surface area contributed by atoms with Crippen molar-refractivity contribution < 1.29 is 19.0 Å². The highest BCUT2D eigenvalue weighted by Crippen LogP contribution is 2.06. The van der Waals surface area contributed by atoms with Crippen molar-refractivity contribution in [2.45, 2.75) is 26.3 Å². The van der Waals surface area contributed by atoms with Gasteiger partial charge in [0.05, 0.1) is 20.3 Å². The van der Waals surface area contributed by atoms with Crippen molar-refractivity contribution in [2.24, 2.45) is 5.73 Å². The topological polar surface area (TPSA) is 74.0 Å². The summed E-state index contributed by atoms with van der Waals surface area (Å²) in [5, 5.41) is 0. The van der Waals surface area contributed by atoms with Gasteiger partial charge in [-0.2, -0.15) is 0 Å². The van der Waals surface area contributed by atoms with E-state index in [-0.39, 0.29) is 0 Å². The summed E-state index contributed by atoms with van der Waals surface area (Å²) in [7, 11) is 1.35. The number of ether oxygens (including phenoxy) is 3. The fourth-order valence-corrected chi connectivity index (χ4v) is 1.71. The molecule has 0 amide bonds. The lowest BCUT2D eigenvalue weighted by molar-refractivity contribution is -0.147. The summed E-state index contributed by atoms with van der Waals surface area (Å²) in [6.07, 6.45) is 0. The van der Waals surface area contributed by atoms with Gasteiger partial charge in [-0.05, 0) is 20.8 Å². The van der Waals surface area contributed by atoms with Crippen LogP contribution in [0.1, 0.15) is 20.8 Å². The van der Waals surface area contributed by atoms with Crippen LogP contribution in [0.2, 0.25) is 0 Å². The maximum Gasteiger partial charge on any atom is 0.326 e. The molecule has 1 atom stereocenters. The van der Waals surface area contributed by atoms with E-state index in [1.165, 1.54) is 7.11 Å². The van der Waals surface area contributed by atoms with Gasteiger partial charge in [-0.3, -0.25) is 9.69 Å². The molecule has 0 bridgehead atoms. The van der Waals surface area contributed by atoms with Gasteiger partial charge in [-0.15, -0.1) is 0 Å². The zero-order chi connectivity index (χ0) is 14.7. The van der Waals surface area contributed by atoms with E-state index in [0.29, 0.717) is 46.1 Å². The Kier molecular flexibility index (Phi) is 9.77. The number of hydrogen-bond acceptors (Lipinski definition) is 6. The molecular formula is C13H28N2O4. The van der Waals surface area contributed by atoms with Crippen LogP contribution in [0.3, 0.4) is 0 Å². The third-order valence-electron chi connectivity index (χ3n) is 2.72. The summed E-state index contributed by atoms with van der Waals surface area (Å²) in [6.45, 7) is 9.99. The van der Waals surface area contributed by atoms with Crippen LogP contribution in [0.15, 0.2) is 0 Å². The number of nitrogens with two attached hydrogens (primary N) is 1. The zero-order valence-corrected chi connectivity index (χ0v) is 12.6. The molecule has 6 nitrogen and oxygen atoms in total. The number of hydrogen-bond donors (Lipinski definition) is 1. The van der Waals surface area contributed by atoms with Crippen molar-refractivity contribution in [2.75, 3.05) is 53.2 Å². The van der Waals surface area contributed by atoms with Crippen LogP contribution in [0.5, 0.6) is 0 Å². The average Bonchev–Trinajstić information content (AvgIpc) is 2.37. The molecule has 0 heterocycles. The van der Waals surface area contributed by atoms with E-state index < -0.39 is 11.5 Å². The number of carbonyl (C=O) groups excluding carboxylic acids is 1. The maximum atomic E-state index is 11.6. The molecule has 2 N–H and O–H groups in total. The zero-order valence-electron chi connectivity index (χ0n) is 12.6. The molecule has 0 aliphatic carbocycles. The lowest BCUT2D eigenvalue weighted by Crippen LogP contribution is -2.55. The Morgan fingerprint density at radius 3 is 2.00 bits per heavy atom. The van der Waals surface area contributed by atoms with Gasteiger partial charge >= 0.3 is 5.97 Å². The van der Waals surface area contributed by atoms with Crippen LogP contribution in [-0.2, 0) is 19.0 Å². The number of rotatable bonds is 11. The summed E-state index contributed by atoms with van der Waals surface area (Å²) in [5.74, 6) is -0.412. The summed E-state index contributed by atoms with van der Waals surface area (Å²) in [5.41, 5.74) is 4.96. The molecule has 0 saturated carbocycles. The molecule has 0 aliphatic rings. The van der Waals surface area contributed by atoms with Gasteiger partial charge in [0.1, 0.15) is 5.54 Å². The molecule has 0 spiro atoms. The minimum absolute atomic E-state index is 0.412. The standard InChI is InChI=1S/C13H28N2O4/c1-5-18-9-7-15(8-10-19-6-2)11-13(3,14)12(16)17-4/h5-11,14H2,1-4H3. The predicted octanol–water partition coefficient (Wildman–Crippen LogP) is 0.252. The first-order valence-electron chi connectivity index (χ1n) is 6.73. The summed E-state index contributed by atoms with van der Waals surface area (Å²) in [6, 6.07) is 0. The molecule has 0 aliphatic heterocycles. The number of esters is 1. The number of nitrogens with zero attached hydrogens (tertiary/aromatic N) is 1. The van der Waals surface area contributed by atoms with E-state index >= 15 is 0 Å². The van der Waals surface area contributed by atoms with Gasteiger partial charge in [-0.25, -0.2) is 0 Å². The lowest BCUT2D eigenvalue weighted by Gasteiger charge is -2.30. The molecular weight excluding hydrogens is 248 g/mol. The quantitative estimate of drug-likeness (QED) is 0.431. The van der Waals surface area contributed by atoms with Crippen molar-refractivity contribution in [3.05, 3.63) is 0 Å². The monoisotopic (exact) mass is 276 g/mol. The van der Waals surface area contributed by atoms with Gasteiger partial charge < -0.3 is 19.9 Å². The second-order valence-electron chi connectivity index (χ2n) is 4.58. The molecule has 0 aromatic carbocycles. The largest absolute Gasteiger partial charge is 0.468 e. The molecule has 0 radical (unpaired) electrons. The molecule has 0 rings (SSSR count). The van der Waals surface area contributed by atoms with E-state index in [9.17, 15) is 4.79 Å². The Labute approximate surface area is 116 Å². The summed E-state index contributed by atoms with van der Waals surface area (Å²) >= 11 is 0. The molecule has 0 fully saturated rings. The van der Waals surface area contributed by atoms with Gasteiger partial charge in [0.2, 0.25) is 0 Å². The van der Waals surface area contributed by atoms with Crippen LogP contribution in [0.25, 0.3) is 0 Å². The van der Waals surface area contributed by atoms with Crippen LogP contribution >= 0.6 is 0 Å². The summed E-state index contributed by atoms with van der Waals surface area (Å²) in [4.78, 5) is 13.7. The van der Waals surface area contributed by atoms with Crippen molar-refractivity contribution in [3.8, 4) is 0 Å². The van der Waals surface area contributed by atoms with E-state index in [2.05, 4.69) is 4.90 Å². The van der Waals surface area contributed by atoms with Crippen molar-refractivity contribution >= 4 is 5.97 Å².